The number of hydrogen-bond donors (Lipinski definition) is 1. The molecule has 1 heterocycles. The number of likely N-dealkylation sites (tertiary alicyclic amines) is 1. The largest absolute Gasteiger partial charge is 0.480 e. The van der Waals surface area contributed by atoms with Gasteiger partial charge in [0.05, 0.1) is 0 Å². The minimum Gasteiger partial charge on any atom is -0.480 e. The Bertz CT molecular complexity index is 355. The number of carboxylic acid groups (broad SMARTS) is 1. The first-order valence-electron chi connectivity index (χ1n) is 4.61. The molecule has 7 heteroatoms. The van der Waals surface area contributed by atoms with E-state index in [1.807, 2.05) is 0 Å². The summed E-state index contributed by atoms with van der Waals surface area (Å²) in [6.07, 6.45) is 1.76. The number of aliphatic carboxylic acids is 1. The Morgan fingerprint density at radius 2 is 1.67 bits per heavy atom. The lowest BCUT2D eigenvalue weighted by Gasteiger charge is -2.14. The van der Waals surface area contributed by atoms with Crippen LogP contribution in [-0.2, 0) is 19.4 Å². The van der Waals surface area contributed by atoms with Crippen LogP contribution in [-0.4, -0.2) is 54.9 Å². The third kappa shape index (κ3) is 3.86. The highest BCUT2D eigenvalue weighted by atomic mass is 32.2. The van der Waals surface area contributed by atoms with Crippen molar-refractivity contribution >= 4 is 21.7 Å². The molecule has 1 fully saturated rings. The van der Waals surface area contributed by atoms with Crippen LogP contribution in [0.5, 0.6) is 0 Å². The zero-order valence-electron chi connectivity index (χ0n) is 8.18. The molecule has 1 aliphatic heterocycles. The van der Waals surface area contributed by atoms with Gasteiger partial charge in [-0.15, -0.1) is 0 Å². The Kier molecular flexibility index (Phi) is 3.67. The van der Waals surface area contributed by atoms with Crippen LogP contribution in [0.15, 0.2) is 0 Å². The first kappa shape index (κ1) is 12.0. The van der Waals surface area contributed by atoms with E-state index >= 15 is 0 Å². The Hall–Kier alpha value is -1.11. The van der Waals surface area contributed by atoms with Gasteiger partial charge in [-0.25, -0.2) is 8.42 Å². The van der Waals surface area contributed by atoms with Crippen molar-refractivity contribution in [3.8, 4) is 0 Å². The van der Waals surface area contributed by atoms with Gasteiger partial charge in [-0.3, -0.25) is 9.59 Å². The van der Waals surface area contributed by atoms with Crippen molar-refractivity contribution in [3.05, 3.63) is 0 Å². The highest BCUT2D eigenvalue weighted by molar-refractivity contribution is 7.92. The fraction of sp³-hybridized carbons (Fsp3) is 0.750. The molecule has 1 rings (SSSR count). The zero-order valence-corrected chi connectivity index (χ0v) is 8.99. The molecule has 6 nitrogen and oxygen atoms in total. The molecule has 0 aliphatic carbocycles. The van der Waals surface area contributed by atoms with Gasteiger partial charge >= 0.3 is 5.97 Å². The van der Waals surface area contributed by atoms with Crippen LogP contribution in [0.4, 0.5) is 0 Å². The number of amides is 1. The number of hydrogen-bond acceptors (Lipinski definition) is 4. The minimum absolute atomic E-state index is 0.492. The minimum atomic E-state index is -3.81. The highest BCUT2D eigenvalue weighted by Gasteiger charge is 2.25. The molecule has 0 aromatic rings. The normalized spacial score (nSPS) is 16.7. The summed E-state index contributed by atoms with van der Waals surface area (Å²) in [7, 11) is -3.81. The molecular weight excluding hydrogens is 222 g/mol. The van der Waals surface area contributed by atoms with Gasteiger partial charge in [-0.1, -0.05) is 0 Å². The summed E-state index contributed by atoms with van der Waals surface area (Å²) in [6.45, 7) is 1.14. The molecular formula is C8H13NO5S. The first-order valence-corrected chi connectivity index (χ1v) is 6.43. The van der Waals surface area contributed by atoms with Gasteiger partial charge in [-0.05, 0) is 12.8 Å². The molecule has 0 aromatic carbocycles. The summed E-state index contributed by atoms with van der Waals surface area (Å²) in [4.78, 5) is 23.1. The predicted molar refractivity (Wildman–Crippen MR) is 52.1 cm³/mol. The van der Waals surface area contributed by atoms with Crippen LogP contribution in [0, 0.1) is 0 Å². The summed E-state index contributed by atoms with van der Waals surface area (Å²) in [6, 6.07) is 0. The molecule has 15 heavy (non-hydrogen) atoms. The maximum Gasteiger partial charge on any atom is 0.318 e. The van der Waals surface area contributed by atoms with Gasteiger partial charge in [-0.2, -0.15) is 0 Å². The molecule has 0 aromatic heterocycles. The summed E-state index contributed by atoms with van der Waals surface area (Å²) in [5, 5.41) is 8.32. The van der Waals surface area contributed by atoms with E-state index in [-0.39, 0.29) is 0 Å². The molecule has 0 atom stereocenters. The summed E-state index contributed by atoms with van der Waals surface area (Å²) in [5.41, 5.74) is 0. The van der Waals surface area contributed by atoms with Gasteiger partial charge < -0.3 is 10.0 Å². The Morgan fingerprint density at radius 3 is 2.13 bits per heavy atom. The van der Waals surface area contributed by atoms with E-state index in [1.165, 1.54) is 4.90 Å². The predicted octanol–water partition coefficient (Wildman–Crippen LogP) is -0.892. The third-order valence-electron chi connectivity index (χ3n) is 2.15. The smallest absolute Gasteiger partial charge is 0.318 e. The molecule has 1 amide bonds. The van der Waals surface area contributed by atoms with Crippen molar-refractivity contribution in [2.45, 2.75) is 12.8 Å². The fourth-order valence-corrected chi connectivity index (χ4v) is 2.52. The third-order valence-corrected chi connectivity index (χ3v) is 3.52. The van der Waals surface area contributed by atoms with Crippen LogP contribution in [0.1, 0.15) is 12.8 Å². The van der Waals surface area contributed by atoms with Gasteiger partial charge in [0, 0.05) is 13.1 Å². The van der Waals surface area contributed by atoms with Crippen LogP contribution in [0.25, 0.3) is 0 Å². The average Bonchev–Trinajstić information content (AvgIpc) is 2.50. The van der Waals surface area contributed by atoms with Crippen LogP contribution >= 0.6 is 0 Å². The number of nitrogens with zero attached hydrogens (tertiary/aromatic N) is 1. The van der Waals surface area contributed by atoms with Gasteiger partial charge in [0.1, 0.15) is 11.5 Å². The van der Waals surface area contributed by atoms with Crippen molar-refractivity contribution in [1.82, 2.24) is 4.90 Å². The average molecular weight is 235 g/mol. The number of carbonyl (C=O) groups is 2. The number of rotatable bonds is 4. The lowest BCUT2D eigenvalue weighted by molar-refractivity contribution is -0.134. The second kappa shape index (κ2) is 4.61. The van der Waals surface area contributed by atoms with Gasteiger partial charge in [0.2, 0.25) is 5.91 Å². The number of carbonyl (C=O) groups excluding carboxylic acids is 1. The van der Waals surface area contributed by atoms with E-state index in [9.17, 15) is 18.0 Å². The molecule has 0 spiro atoms. The van der Waals surface area contributed by atoms with E-state index in [4.69, 9.17) is 5.11 Å². The van der Waals surface area contributed by atoms with Crippen molar-refractivity contribution in [2.24, 2.45) is 0 Å². The van der Waals surface area contributed by atoms with Crippen molar-refractivity contribution < 1.29 is 23.1 Å². The lowest BCUT2D eigenvalue weighted by atomic mass is 10.4. The Morgan fingerprint density at radius 1 is 1.13 bits per heavy atom. The molecule has 0 bridgehead atoms. The van der Waals surface area contributed by atoms with Crippen molar-refractivity contribution in [1.29, 1.82) is 0 Å². The van der Waals surface area contributed by atoms with E-state index in [0.29, 0.717) is 13.1 Å². The van der Waals surface area contributed by atoms with Gasteiger partial charge in [0.15, 0.2) is 9.84 Å². The van der Waals surface area contributed by atoms with Crippen molar-refractivity contribution in [2.75, 3.05) is 24.6 Å². The van der Waals surface area contributed by atoms with E-state index < -0.39 is 33.2 Å². The van der Waals surface area contributed by atoms with Gasteiger partial charge in [0.25, 0.3) is 0 Å². The molecule has 0 unspecified atom stereocenters. The fourth-order valence-electron chi connectivity index (χ4n) is 1.49. The Balaban J connectivity index is 2.53. The first-order chi connectivity index (χ1) is 6.91. The SMILES string of the molecule is O=C(O)CS(=O)(=O)CC(=O)N1CCCC1. The summed E-state index contributed by atoms with van der Waals surface area (Å²) < 4.78 is 22.4. The lowest BCUT2D eigenvalue weighted by Crippen LogP contribution is -2.35. The second-order valence-electron chi connectivity index (χ2n) is 3.51. The molecule has 0 saturated carbocycles. The second-order valence-corrected chi connectivity index (χ2v) is 5.58. The molecule has 0 radical (unpaired) electrons. The van der Waals surface area contributed by atoms with E-state index in [0.717, 1.165) is 12.8 Å². The molecule has 1 N–H and O–H groups in total. The maximum absolute atomic E-state index is 11.4. The molecule has 1 saturated heterocycles. The number of sulfone groups is 1. The standard InChI is InChI=1S/C8H13NO5S/c10-7(9-3-1-2-4-9)5-15(13,14)6-8(11)12/h1-6H2,(H,11,12). The van der Waals surface area contributed by atoms with Crippen molar-refractivity contribution in [3.63, 3.8) is 0 Å². The summed E-state index contributed by atoms with van der Waals surface area (Å²) in [5.74, 6) is -3.59. The van der Waals surface area contributed by atoms with Crippen LogP contribution in [0.2, 0.25) is 0 Å². The maximum atomic E-state index is 11.4. The topological polar surface area (TPSA) is 91.7 Å². The quantitative estimate of drug-likeness (QED) is 0.682. The van der Waals surface area contributed by atoms with E-state index in [1.54, 1.807) is 0 Å². The molecule has 1 aliphatic rings. The monoisotopic (exact) mass is 235 g/mol. The Labute approximate surface area is 87.8 Å². The van der Waals surface area contributed by atoms with Crippen LogP contribution in [0.3, 0.4) is 0 Å². The van der Waals surface area contributed by atoms with Crippen LogP contribution < -0.4 is 0 Å². The zero-order chi connectivity index (χ0) is 11.5. The number of carboxylic acids is 1. The summed E-state index contributed by atoms with van der Waals surface area (Å²) >= 11 is 0. The van der Waals surface area contributed by atoms with E-state index in [2.05, 4.69) is 0 Å². The molecule has 86 valence electrons. The highest BCUT2D eigenvalue weighted by Crippen LogP contribution is 2.08.